The highest BCUT2D eigenvalue weighted by molar-refractivity contribution is 6.06. The minimum atomic E-state index is -0.761. The summed E-state index contributed by atoms with van der Waals surface area (Å²) in [5, 5.41) is 17.7. The van der Waals surface area contributed by atoms with E-state index >= 15 is 0 Å². The maximum absolute atomic E-state index is 12.1. The summed E-state index contributed by atoms with van der Waals surface area (Å²) in [7, 11) is 0. The van der Waals surface area contributed by atoms with Gasteiger partial charge in [0.25, 0.3) is 11.6 Å². The van der Waals surface area contributed by atoms with Crippen LogP contribution in [0, 0.1) is 10.1 Å². The molecule has 2 aromatic rings. The SMILES string of the molecule is O=C(NCCc1ccc[nH]1)[C@@H]1CC(c2ccccc2[N+](=O)[O-])=NO1. The number of benzene rings is 1. The lowest BCUT2D eigenvalue weighted by Crippen LogP contribution is -2.36. The van der Waals surface area contributed by atoms with Gasteiger partial charge in [0.15, 0.2) is 0 Å². The van der Waals surface area contributed by atoms with E-state index in [9.17, 15) is 14.9 Å². The van der Waals surface area contributed by atoms with Gasteiger partial charge >= 0.3 is 0 Å². The van der Waals surface area contributed by atoms with Crippen LogP contribution < -0.4 is 5.32 Å². The first-order valence-electron chi connectivity index (χ1n) is 7.51. The predicted octanol–water partition coefficient (Wildman–Crippen LogP) is 1.77. The van der Waals surface area contributed by atoms with E-state index in [4.69, 9.17) is 4.84 Å². The number of amides is 1. The van der Waals surface area contributed by atoms with Crippen LogP contribution in [0.1, 0.15) is 17.7 Å². The molecule has 0 saturated carbocycles. The van der Waals surface area contributed by atoms with Crippen molar-refractivity contribution in [2.45, 2.75) is 18.9 Å². The third-order valence-electron chi connectivity index (χ3n) is 3.73. The van der Waals surface area contributed by atoms with E-state index in [-0.39, 0.29) is 18.0 Å². The molecule has 0 bridgehead atoms. The number of rotatable bonds is 6. The smallest absolute Gasteiger partial charge is 0.278 e. The Kier molecular flexibility index (Phi) is 4.55. The molecule has 2 heterocycles. The van der Waals surface area contributed by atoms with Gasteiger partial charge in [-0.2, -0.15) is 0 Å². The highest BCUT2D eigenvalue weighted by atomic mass is 16.6. The van der Waals surface area contributed by atoms with Crippen molar-refractivity contribution in [3.8, 4) is 0 Å². The first kappa shape index (κ1) is 15.7. The van der Waals surface area contributed by atoms with Crippen molar-refractivity contribution in [2.75, 3.05) is 6.54 Å². The zero-order chi connectivity index (χ0) is 16.9. The molecule has 2 N–H and O–H groups in total. The van der Waals surface area contributed by atoms with Gasteiger partial charge in [0, 0.05) is 37.3 Å². The van der Waals surface area contributed by atoms with Crippen LogP contribution in [0.3, 0.4) is 0 Å². The number of hydrogen-bond acceptors (Lipinski definition) is 5. The van der Waals surface area contributed by atoms with Crippen LogP contribution in [0.15, 0.2) is 47.8 Å². The fourth-order valence-electron chi connectivity index (χ4n) is 2.51. The summed E-state index contributed by atoms with van der Waals surface area (Å²) in [6, 6.07) is 10.1. The van der Waals surface area contributed by atoms with Crippen LogP contribution in [-0.4, -0.2) is 34.2 Å². The number of oxime groups is 1. The van der Waals surface area contributed by atoms with Crippen LogP contribution in [0.25, 0.3) is 0 Å². The molecule has 8 nitrogen and oxygen atoms in total. The minimum Gasteiger partial charge on any atom is -0.382 e. The average molecular weight is 328 g/mol. The Balaban J connectivity index is 1.56. The normalized spacial score (nSPS) is 16.3. The van der Waals surface area contributed by atoms with Crippen LogP contribution in [0.5, 0.6) is 0 Å². The third-order valence-corrected chi connectivity index (χ3v) is 3.73. The predicted molar refractivity (Wildman–Crippen MR) is 86.6 cm³/mol. The number of carbonyl (C=O) groups is 1. The highest BCUT2D eigenvalue weighted by Crippen LogP contribution is 2.24. The first-order chi connectivity index (χ1) is 11.6. The van der Waals surface area contributed by atoms with Crippen molar-refractivity contribution < 1.29 is 14.6 Å². The quantitative estimate of drug-likeness (QED) is 0.622. The third kappa shape index (κ3) is 3.43. The Labute approximate surface area is 137 Å². The largest absolute Gasteiger partial charge is 0.382 e. The number of nitrogens with zero attached hydrogens (tertiary/aromatic N) is 2. The highest BCUT2D eigenvalue weighted by Gasteiger charge is 2.31. The van der Waals surface area contributed by atoms with E-state index in [1.54, 1.807) is 18.2 Å². The molecular formula is C16H16N4O4. The molecule has 1 atom stereocenters. The zero-order valence-electron chi connectivity index (χ0n) is 12.8. The number of carbonyl (C=O) groups excluding carboxylic acids is 1. The molecule has 0 aliphatic carbocycles. The molecule has 0 radical (unpaired) electrons. The van der Waals surface area contributed by atoms with Crippen molar-refractivity contribution >= 4 is 17.3 Å². The second kappa shape index (κ2) is 6.95. The van der Waals surface area contributed by atoms with Crippen molar-refractivity contribution in [3.63, 3.8) is 0 Å². The van der Waals surface area contributed by atoms with Gasteiger partial charge in [-0.25, -0.2) is 0 Å². The number of para-hydroxylation sites is 1. The van der Waals surface area contributed by atoms with E-state index in [0.29, 0.717) is 24.2 Å². The first-order valence-corrected chi connectivity index (χ1v) is 7.51. The summed E-state index contributed by atoms with van der Waals surface area (Å²) in [5.41, 5.74) is 1.77. The van der Waals surface area contributed by atoms with Gasteiger partial charge in [0.05, 0.1) is 16.2 Å². The Morgan fingerprint density at radius 3 is 2.96 bits per heavy atom. The molecule has 1 aromatic carbocycles. The molecule has 1 aliphatic heterocycles. The Morgan fingerprint density at radius 2 is 2.21 bits per heavy atom. The van der Waals surface area contributed by atoms with Crippen LogP contribution in [-0.2, 0) is 16.1 Å². The lowest BCUT2D eigenvalue weighted by molar-refractivity contribution is -0.385. The molecule has 0 unspecified atom stereocenters. The fourth-order valence-corrected chi connectivity index (χ4v) is 2.51. The maximum atomic E-state index is 12.1. The van der Waals surface area contributed by atoms with E-state index < -0.39 is 11.0 Å². The summed E-state index contributed by atoms with van der Waals surface area (Å²) in [4.78, 5) is 30.9. The summed E-state index contributed by atoms with van der Waals surface area (Å²) in [5.74, 6) is -0.279. The van der Waals surface area contributed by atoms with Gasteiger partial charge in [0.1, 0.15) is 0 Å². The number of H-pyrrole nitrogens is 1. The van der Waals surface area contributed by atoms with Crippen LogP contribution in [0.2, 0.25) is 0 Å². The standard InChI is InChI=1S/C16H16N4O4/c21-16(18-9-7-11-4-3-8-17-11)15-10-13(19-24-15)12-5-1-2-6-14(12)20(22)23/h1-6,8,15,17H,7,9-10H2,(H,18,21)/t15-/m0/s1. The Hall–Kier alpha value is -3.16. The van der Waals surface area contributed by atoms with Crippen molar-refractivity contribution in [2.24, 2.45) is 5.16 Å². The molecule has 0 saturated heterocycles. The van der Waals surface area contributed by atoms with Gasteiger partial charge in [-0.3, -0.25) is 14.9 Å². The summed E-state index contributed by atoms with van der Waals surface area (Å²) >= 11 is 0. The number of hydrogen-bond donors (Lipinski definition) is 2. The zero-order valence-corrected chi connectivity index (χ0v) is 12.8. The summed E-state index contributed by atoms with van der Waals surface area (Å²) < 4.78 is 0. The lowest BCUT2D eigenvalue weighted by Gasteiger charge is -2.09. The summed E-state index contributed by atoms with van der Waals surface area (Å²) in [6.45, 7) is 0.472. The van der Waals surface area contributed by atoms with Crippen LogP contribution in [0.4, 0.5) is 5.69 Å². The van der Waals surface area contributed by atoms with Crippen molar-refractivity contribution in [1.29, 1.82) is 0 Å². The number of nitrogens with one attached hydrogen (secondary N) is 2. The van der Waals surface area contributed by atoms with Gasteiger partial charge in [0.2, 0.25) is 6.10 Å². The molecule has 24 heavy (non-hydrogen) atoms. The molecule has 1 aliphatic rings. The monoisotopic (exact) mass is 328 g/mol. The minimum absolute atomic E-state index is 0.0485. The molecule has 0 spiro atoms. The average Bonchev–Trinajstić information content (AvgIpc) is 3.26. The molecule has 1 amide bonds. The van der Waals surface area contributed by atoms with E-state index in [1.807, 2.05) is 18.3 Å². The molecular weight excluding hydrogens is 312 g/mol. The van der Waals surface area contributed by atoms with Crippen molar-refractivity contribution in [3.05, 3.63) is 64.0 Å². The Morgan fingerprint density at radius 1 is 1.38 bits per heavy atom. The molecule has 3 rings (SSSR count). The van der Waals surface area contributed by atoms with Gasteiger partial charge in [-0.15, -0.1) is 0 Å². The topological polar surface area (TPSA) is 110 Å². The van der Waals surface area contributed by atoms with E-state index in [2.05, 4.69) is 15.5 Å². The lowest BCUT2D eigenvalue weighted by atomic mass is 10.0. The number of nitro groups is 1. The van der Waals surface area contributed by atoms with E-state index in [0.717, 1.165) is 5.69 Å². The van der Waals surface area contributed by atoms with Gasteiger partial charge in [-0.1, -0.05) is 17.3 Å². The molecule has 1 aromatic heterocycles. The number of aromatic amines is 1. The fraction of sp³-hybridized carbons (Fsp3) is 0.250. The van der Waals surface area contributed by atoms with Gasteiger partial charge in [-0.05, 0) is 18.2 Å². The van der Waals surface area contributed by atoms with Crippen molar-refractivity contribution in [1.82, 2.24) is 10.3 Å². The number of aromatic nitrogens is 1. The van der Waals surface area contributed by atoms with Crippen LogP contribution >= 0.6 is 0 Å². The second-order valence-corrected chi connectivity index (χ2v) is 5.35. The molecule has 8 heteroatoms. The maximum Gasteiger partial charge on any atom is 0.278 e. The van der Waals surface area contributed by atoms with Gasteiger partial charge < -0.3 is 15.1 Å². The molecule has 124 valence electrons. The number of nitro benzene ring substituents is 1. The summed E-state index contributed by atoms with van der Waals surface area (Å²) in [6.07, 6.45) is 1.95. The second-order valence-electron chi connectivity index (χ2n) is 5.35. The Bertz CT molecular complexity index is 770. The molecule has 0 fully saturated rings. The van der Waals surface area contributed by atoms with E-state index in [1.165, 1.54) is 6.07 Å².